The fourth-order valence-electron chi connectivity index (χ4n) is 4.34. The van der Waals surface area contributed by atoms with Crippen LogP contribution in [0.2, 0.25) is 0 Å². The molecule has 2 saturated heterocycles. The van der Waals surface area contributed by atoms with Crippen LogP contribution in [0.4, 0.5) is 0 Å². The molecular formula is C20H27NO3. The highest BCUT2D eigenvalue weighted by molar-refractivity contribution is 5.98. The van der Waals surface area contributed by atoms with Crippen LogP contribution in [0, 0.1) is 5.92 Å². The average molecular weight is 329 g/mol. The van der Waals surface area contributed by atoms with E-state index in [1.807, 2.05) is 12.1 Å². The average Bonchev–Trinajstić information content (AvgIpc) is 3.29. The minimum Gasteiger partial charge on any atom is -0.347 e. The van der Waals surface area contributed by atoms with Gasteiger partial charge in [-0.25, -0.2) is 0 Å². The van der Waals surface area contributed by atoms with E-state index in [9.17, 15) is 4.79 Å². The molecule has 0 bridgehead atoms. The van der Waals surface area contributed by atoms with Gasteiger partial charge in [0.05, 0.1) is 13.2 Å². The highest BCUT2D eigenvalue weighted by atomic mass is 16.7. The van der Waals surface area contributed by atoms with Crippen LogP contribution >= 0.6 is 0 Å². The Balaban J connectivity index is 1.37. The first-order valence-electron chi connectivity index (χ1n) is 9.38. The predicted octanol–water partition coefficient (Wildman–Crippen LogP) is 3.40. The van der Waals surface area contributed by atoms with E-state index in [4.69, 9.17) is 9.47 Å². The summed E-state index contributed by atoms with van der Waals surface area (Å²) in [5.74, 6) is 0.294. The van der Waals surface area contributed by atoms with E-state index in [0.29, 0.717) is 5.78 Å². The van der Waals surface area contributed by atoms with Crippen LogP contribution in [-0.4, -0.2) is 42.8 Å². The van der Waals surface area contributed by atoms with Crippen molar-refractivity contribution in [3.05, 3.63) is 35.4 Å². The van der Waals surface area contributed by atoms with Crippen molar-refractivity contribution in [1.29, 1.82) is 0 Å². The first-order valence-corrected chi connectivity index (χ1v) is 9.38. The number of piperidine rings is 1. The summed E-state index contributed by atoms with van der Waals surface area (Å²) in [5, 5.41) is 0. The molecule has 130 valence electrons. The van der Waals surface area contributed by atoms with E-state index in [1.54, 1.807) is 0 Å². The minimum absolute atomic E-state index is 0.256. The van der Waals surface area contributed by atoms with Crippen LogP contribution in [-0.2, 0) is 16.0 Å². The Bertz CT molecular complexity index is 578. The second-order valence-electron chi connectivity index (χ2n) is 7.43. The van der Waals surface area contributed by atoms with Crippen LogP contribution in [0.3, 0.4) is 0 Å². The summed E-state index contributed by atoms with van der Waals surface area (Å²) in [5.41, 5.74) is 2.14. The molecule has 0 aromatic heterocycles. The van der Waals surface area contributed by atoms with Gasteiger partial charge in [-0.05, 0) is 24.5 Å². The van der Waals surface area contributed by atoms with Gasteiger partial charge in [0.25, 0.3) is 0 Å². The molecule has 0 N–H and O–H groups in total. The molecule has 0 radical (unpaired) electrons. The standard InChI is InChI=1S/C20H27NO3/c22-19(17-5-1-2-6-17)18-7-3-4-16(14-18)15-21-10-8-20(9-11-21)23-12-13-24-20/h3-4,7,14,17H,1-2,5-6,8-13,15H2. The van der Waals surface area contributed by atoms with Crippen molar-refractivity contribution in [1.82, 2.24) is 4.90 Å². The van der Waals surface area contributed by atoms with Crippen LogP contribution < -0.4 is 0 Å². The highest BCUT2D eigenvalue weighted by Crippen LogP contribution is 2.32. The number of benzene rings is 1. The first kappa shape index (κ1) is 16.2. The van der Waals surface area contributed by atoms with Crippen LogP contribution in [0.15, 0.2) is 24.3 Å². The van der Waals surface area contributed by atoms with Gasteiger partial charge in [0.1, 0.15) is 0 Å². The molecule has 4 rings (SSSR count). The first-order chi connectivity index (χ1) is 11.7. The Kier molecular flexibility index (Phi) is 4.70. The second kappa shape index (κ2) is 6.95. The zero-order valence-electron chi connectivity index (χ0n) is 14.3. The zero-order chi connectivity index (χ0) is 16.4. The number of nitrogens with zero attached hydrogens (tertiary/aromatic N) is 1. The van der Waals surface area contributed by atoms with Crippen molar-refractivity contribution < 1.29 is 14.3 Å². The highest BCUT2D eigenvalue weighted by Gasteiger charge is 2.39. The van der Waals surface area contributed by atoms with Gasteiger partial charge < -0.3 is 9.47 Å². The maximum atomic E-state index is 12.6. The van der Waals surface area contributed by atoms with Gasteiger partial charge in [0, 0.05) is 44.0 Å². The zero-order valence-corrected chi connectivity index (χ0v) is 14.3. The molecular weight excluding hydrogens is 302 g/mol. The van der Waals surface area contributed by atoms with Crippen molar-refractivity contribution in [3.63, 3.8) is 0 Å². The Labute approximate surface area is 144 Å². The number of carbonyl (C=O) groups is 1. The van der Waals surface area contributed by atoms with E-state index >= 15 is 0 Å². The van der Waals surface area contributed by atoms with Gasteiger partial charge in [0.15, 0.2) is 11.6 Å². The normalized spacial score (nSPS) is 24.7. The second-order valence-corrected chi connectivity index (χ2v) is 7.43. The number of likely N-dealkylation sites (tertiary alicyclic amines) is 1. The van der Waals surface area contributed by atoms with E-state index in [2.05, 4.69) is 17.0 Å². The molecule has 2 heterocycles. The smallest absolute Gasteiger partial charge is 0.170 e. The third-order valence-electron chi connectivity index (χ3n) is 5.78. The van der Waals surface area contributed by atoms with E-state index in [0.717, 1.165) is 64.1 Å². The van der Waals surface area contributed by atoms with Crippen LogP contribution in [0.5, 0.6) is 0 Å². The van der Waals surface area contributed by atoms with Crippen LogP contribution in [0.1, 0.15) is 54.4 Å². The topological polar surface area (TPSA) is 38.8 Å². The van der Waals surface area contributed by atoms with Crippen molar-refractivity contribution in [2.75, 3.05) is 26.3 Å². The maximum absolute atomic E-state index is 12.6. The Morgan fingerprint density at radius 2 is 1.83 bits per heavy atom. The third kappa shape index (κ3) is 3.41. The monoisotopic (exact) mass is 329 g/mol. The molecule has 24 heavy (non-hydrogen) atoms. The molecule has 1 saturated carbocycles. The Morgan fingerprint density at radius 3 is 2.54 bits per heavy atom. The number of hydrogen-bond donors (Lipinski definition) is 0. The number of ether oxygens (including phenoxy) is 2. The molecule has 2 aliphatic heterocycles. The molecule has 0 unspecified atom stereocenters. The van der Waals surface area contributed by atoms with Gasteiger partial charge >= 0.3 is 0 Å². The van der Waals surface area contributed by atoms with Gasteiger partial charge in [0.2, 0.25) is 0 Å². The summed E-state index contributed by atoms with van der Waals surface area (Å²) >= 11 is 0. The molecule has 1 aromatic rings. The Hall–Kier alpha value is -1.23. The van der Waals surface area contributed by atoms with Crippen molar-refractivity contribution >= 4 is 5.78 Å². The third-order valence-corrected chi connectivity index (χ3v) is 5.78. The van der Waals surface area contributed by atoms with E-state index < -0.39 is 0 Å². The number of rotatable bonds is 4. The number of Topliss-reactive ketones (excluding diaryl/α,β-unsaturated/α-hetero) is 1. The summed E-state index contributed by atoms with van der Waals surface area (Å²) in [6.07, 6.45) is 6.42. The van der Waals surface area contributed by atoms with Crippen molar-refractivity contribution in [3.8, 4) is 0 Å². The van der Waals surface area contributed by atoms with Crippen molar-refractivity contribution in [2.24, 2.45) is 5.92 Å². The number of hydrogen-bond acceptors (Lipinski definition) is 4. The molecule has 3 aliphatic rings. The van der Waals surface area contributed by atoms with Crippen molar-refractivity contribution in [2.45, 2.75) is 50.9 Å². The van der Waals surface area contributed by atoms with Gasteiger partial charge in [-0.2, -0.15) is 0 Å². The van der Waals surface area contributed by atoms with Gasteiger partial charge in [-0.3, -0.25) is 9.69 Å². The maximum Gasteiger partial charge on any atom is 0.170 e. The van der Waals surface area contributed by atoms with Gasteiger partial charge in [-0.15, -0.1) is 0 Å². The molecule has 3 fully saturated rings. The predicted molar refractivity (Wildman–Crippen MR) is 91.9 cm³/mol. The molecule has 4 heteroatoms. The molecule has 1 aromatic carbocycles. The lowest BCUT2D eigenvalue weighted by molar-refractivity contribution is -0.185. The van der Waals surface area contributed by atoms with E-state index in [1.165, 1.54) is 18.4 Å². The minimum atomic E-state index is -0.309. The summed E-state index contributed by atoms with van der Waals surface area (Å²) in [6, 6.07) is 8.26. The lowest BCUT2D eigenvalue weighted by atomic mass is 9.95. The van der Waals surface area contributed by atoms with E-state index in [-0.39, 0.29) is 11.7 Å². The molecule has 1 spiro atoms. The lowest BCUT2D eigenvalue weighted by Crippen LogP contribution is -2.44. The van der Waals surface area contributed by atoms with Gasteiger partial charge in [-0.1, -0.05) is 31.0 Å². The fraction of sp³-hybridized carbons (Fsp3) is 0.650. The number of carbonyl (C=O) groups excluding carboxylic acids is 1. The lowest BCUT2D eigenvalue weighted by Gasteiger charge is -2.37. The largest absolute Gasteiger partial charge is 0.347 e. The van der Waals surface area contributed by atoms with Crippen LogP contribution in [0.25, 0.3) is 0 Å². The summed E-state index contributed by atoms with van der Waals surface area (Å²) in [6.45, 7) is 4.33. The SMILES string of the molecule is O=C(c1cccc(CN2CCC3(CC2)OCCO3)c1)C1CCCC1. The molecule has 1 aliphatic carbocycles. The fourth-order valence-corrected chi connectivity index (χ4v) is 4.34. The quantitative estimate of drug-likeness (QED) is 0.794. The summed E-state index contributed by atoms with van der Waals surface area (Å²) in [7, 11) is 0. The Morgan fingerprint density at radius 1 is 1.12 bits per heavy atom. The summed E-state index contributed by atoms with van der Waals surface area (Å²) in [4.78, 5) is 15.1. The molecule has 0 amide bonds. The molecule has 0 atom stereocenters. The number of ketones is 1. The molecule has 4 nitrogen and oxygen atoms in total. The summed E-state index contributed by atoms with van der Waals surface area (Å²) < 4.78 is 11.6.